The summed E-state index contributed by atoms with van der Waals surface area (Å²) >= 11 is 0. The van der Waals surface area contributed by atoms with E-state index in [0.717, 1.165) is 32.4 Å². The van der Waals surface area contributed by atoms with Crippen LogP contribution >= 0.6 is 12.4 Å². The van der Waals surface area contributed by atoms with Crippen LogP contribution in [0.2, 0.25) is 0 Å². The van der Waals surface area contributed by atoms with E-state index in [1.807, 2.05) is 0 Å². The SMILES string of the molecule is CC(NC(=O)CCC1CCNCC1)C(=O)N1CCOCC1.Cl. The lowest BCUT2D eigenvalue weighted by molar-refractivity contribution is -0.139. The molecule has 0 spiro atoms. The predicted octanol–water partition coefficient (Wildman–Crippen LogP) is 0.552. The van der Waals surface area contributed by atoms with Gasteiger partial charge in [-0.3, -0.25) is 9.59 Å². The number of halogens is 1. The van der Waals surface area contributed by atoms with Crippen LogP contribution < -0.4 is 10.6 Å². The van der Waals surface area contributed by atoms with Gasteiger partial charge in [-0.05, 0) is 45.2 Å². The molecule has 2 amide bonds. The maximum Gasteiger partial charge on any atom is 0.245 e. The van der Waals surface area contributed by atoms with E-state index < -0.39 is 6.04 Å². The van der Waals surface area contributed by atoms with Crippen LogP contribution in [0.4, 0.5) is 0 Å². The number of carbonyl (C=O) groups excluding carboxylic acids is 2. The summed E-state index contributed by atoms with van der Waals surface area (Å²) < 4.78 is 5.23. The second-order valence-corrected chi connectivity index (χ2v) is 5.96. The monoisotopic (exact) mass is 333 g/mol. The van der Waals surface area contributed by atoms with E-state index in [-0.39, 0.29) is 24.2 Å². The number of ether oxygens (including phenoxy) is 1. The molecule has 2 rings (SSSR count). The zero-order chi connectivity index (χ0) is 15.1. The minimum Gasteiger partial charge on any atom is -0.378 e. The number of amides is 2. The molecule has 0 aromatic rings. The summed E-state index contributed by atoms with van der Waals surface area (Å²) in [6.07, 6.45) is 3.74. The van der Waals surface area contributed by atoms with E-state index in [1.165, 1.54) is 0 Å². The van der Waals surface area contributed by atoms with Crippen molar-refractivity contribution in [3.05, 3.63) is 0 Å². The number of hydrogen-bond acceptors (Lipinski definition) is 4. The van der Waals surface area contributed by atoms with Gasteiger partial charge >= 0.3 is 0 Å². The Morgan fingerprint density at radius 1 is 1.27 bits per heavy atom. The van der Waals surface area contributed by atoms with Gasteiger partial charge in [0.05, 0.1) is 13.2 Å². The molecule has 0 bridgehead atoms. The first kappa shape index (κ1) is 19.2. The molecule has 2 heterocycles. The van der Waals surface area contributed by atoms with Gasteiger partial charge in [-0.15, -0.1) is 12.4 Å². The van der Waals surface area contributed by atoms with Gasteiger partial charge in [0, 0.05) is 19.5 Å². The molecule has 1 atom stereocenters. The average Bonchev–Trinajstić information content (AvgIpc) is 2.54. The van der Waals surface area contributed by atoms with Gasteiger partial charge in [0.15, 0.2) is 0 Å². The highest BCUT2D eigenvalue weighted by atomic mass is 35.5. The quantitative estimate of drug-likeness (QED) is 0.771. The smallest absolute Gasteiger partial charge is 0.245 e. The summed E-state index contributed by atoms with van der Waals surface area (Å²) in [6, 6.07) is -0.441. The van der Waals surface area contributed by atoms with Gasteiger partial charge in [0.1, 0.15) is 6.04 Å². The molecular weight excluding hydrogens is 306 g/mol. The highest BCUT2D eigenvalue weighted by molar-refractivity contribution is 5.87. The third kappa shape index (κ3) is 6.10. The molecule has 2 fully saturated rings. The summed E-state index contributed by atoms with van der Waals surface area (Å²) in [4.78, 5) is 25.9. The first-order valence-electron chi connectivity index (χ1n) is 8.03. The summed E-state index contributed by atoms with van der Waals surface area (Å²) in [6.45, 7) is 6.28. The molecule has 0 aromatic heterocycles. The lowest BCUT2D eigenvalue weighted by Crippen LogP contribution is -2.50. The van der Waals surface area contributed by atoms with Crippen LogP contribution in [0.1, 0.15) is 32.6 Å². The van der Waals surface area contributed by atoms with Crippen molar-refractivity contribution in [2.45, 2.75) is 38.6 Å². The minimum absolute atomic E-state index is 0. The fraction of sp³-hybridized carbons (Fsp3) is 0.867. The topological polar surface area (TPSA) is 70.7 Å². The number of rotatable bonds is 5. The highest BCUT2D eigenvalue weighted by Gasteiger charge is 2.24. The third-order valence-electron chi connectivity index (χ3n) is 4.31. The van der Waals surface area contributed by atoms with Crippen LogP contribution in [0, 0.1) is 5.92 Å². The van der Waals surface area contributed by atoms with E-state index in [2.05, 4.69) is 10.6 Å². The first-order chi connectivity index (χ1) is 10.2. The maximum atomic E-state index is 12.2. The fourth-order valence-electron chi connectivity index (χ4n) is 2.94. The van der Waals surface area contributed by atoms with Gasteiger partial charge in [0.2, 0.25) is 11.8 Å². The average molecular weight is 334 g/mol. The molecule has 0 saturated carbocycles. The molecule has 2 N–H and O–H groups in total. The van der Waals surface area contributed by atoms with Crippen molar-refractivity contribution < 1.29 is 14.3 Å². The van der Waals surface area contributed by atoms with E-state index in [4.69, 9.17) is 4.74 Å². The third-order valence-corrected chi connectivity index (χ3v) is 4.31. The van der Waals surface area contributed by atoms with Gasteiger partial charge in [0.25, 0.3) is 0 Å². The predicted molar refractivity (Wildman–Crippen MR) is 87.1 cm³/mol. The number of nitrogens with zero attached hydrogens (tertiary/aromatic N) is 1. The molecular formula is C15H28ClN3O3. The Hall–Kier alpha value is -0.850. The standard InChI is InChI=1S/C15H27N3O3.ClH/c1-12(15(20)18-8-10-21-11-9-18)17-14(19)3-2-13-4-6-16-7-5-13;/h12-13,16H,2-11H2,1H3,(H,17,19);1H. The molecule has 22 heavy (non-hydrogen) atoms. The van der Waals surface area contributed by atoms with Gasteiger partial charge < -0.3 is 20.3 Å². The van der Waals surface area contributed by atoms with Crippen LogP contribution in [0.15, 0.2) is 0 Å². The minimum atomic E-state index is -0.441. The van der Waals surface area contributed by atoms with Gasteiger partial charge in [-0.1, -0.05) is 0 Å². The molecule has 0 radical (unpaired) electrons. The Labute approximate surface area is 138 Å². The van der Waals surface area contributed by atoms with Crippen LogP contribution in [0.25, 0.3) is 0 Å². The highest BCUT2D eigenvalue weighted by Crippen LogP contribution is 2.17. The Morgan fingerprint density at radius 2 is 1.91 bits per heavy atom. The Kier molecular flexibility index (Phi) is 8.75. The number of carbonyl (C=O) groups is 2. The lowest BCUT2D eigenvalue weighted by Gasteiger charge is -2.29. The zero-order valence-corrected chi connectivity index (χ0v) is 14.1. The van der Waals surface area contributed by atoms with Gasteiger partial charge in [-0.25, -0.2) is 0 Å². The molecule has 0 aromatic carbocycles. The van der Waals surface area contributed by atoms with Gasteiger partial charge in [-0.2, -0.15) is 0 Å². The van der Waals surface area contributed by atoms with Crippen molar-refractivity contribution in [1.82, 2.24) is 15.5 Å². The molecule has 7 heteroatoms. The summed E-state index contributed by atoms with van der Waals surface area (Å²) in [5.41, 5.74) is 0. The molecule has 1 unspecified atom stereocenters. The van der Waals surface area contributed by atoms with Crippen LogP contribution in [0.3, 0.4) is 0 Å². The summed E-state index contributed by atoms with van der Waals surface area (Å²) in [5, 5.41) is 6.15. The molecule has 6 nitrogen and oxygen atoms in total. The fourth-order valence-corrected chi connectivity index (χ4v) is 2.94. The van der Waals surface area contributed by atoms with Crippen molar-refractivity contribution in [2.75, 3.05) is 39.4 Å². The van der Waals surface area contributed by atoms with Crippen LogP contribution in [-0.4, -0.2) is 62.1 Å². The Bertz CT molecular complexity index is 356. The molecule has 2 saturated heterocycles. The number of hydrogen-bond donors (Lipinski definition) is 2. The number of morpholine rings is 1. The summed E-state index contributed by atoms with van der Waals surface area (Å²) in [5.74, 6) is 0.624. The Balaban J connectivity index is 0.00000242. The van der Waals surface area contributed by atoms with Crippen molar-refractivity contribution in [3.8, 4) is 0 Å². The molecule has 128 valence electrons. The largest absolute Gasteiger partial charge is 0.378 e. The number of piperidine rings is 1. The maximum absolute atomic E-state index is 12.2. The lowest BCUT2D eigenvalue weighted by atomic mass is 9.93. The normalized spacial score (nSPS) is 20.9. The van der Waals surface area contributed by atoms with E-state index in [0.29, 0.717) is 38.6 Å². The molecule has 2 aliphatic heterocycles. The number of nitrogens with one attached hydrogen (secondary N) is 2. The van der Waals surface area contributed by atoms with Crippen molar-refractivity contribution in [3.63, 3.8) is 0 Å². The van der Waals surface area contributed by atoms with Crippen molar-refractivity contribution in [2.24, 2.45) is 5.92 Å². The van der Waals surface area contributed by atoms with Crippen LogP contribution in [0.5, 0.6) is 0 Å². The molecule has 2 aliphatic rings. The van der Waals surface area contributed by atoms with E-state index in [9.17, 15) is 9.59 Å². The van der Waals surface area contributed by atoms with Crippen molar-refractivity contribution >= 4 is 24.2 Å². The van der Waals surface area contributed by atoms with Crippen LogP contribution in [-0.2, 0) is 14.3 Å². The first-order valence-corrected chi connectivity index (χ1v) is 8.03. The second-order valence-electron chi connectivity index (χ2n) is 5.96. The van der Waals surface area contributed by atoms with Crippen molar-refractivity contribution in [1.29, 1.82) is 0 Å². The molecule has 0 aliphatic carbocycles. The zero-order valence-electron chi connectivity index (χ0n) is 13.3. The Morgan fingerprint density at radius 3 is 2.55 bits per heavy atom. The second kappa shape index (κ2) is 10.0. The van der Waals surface area contributed by atoms with E-state index in [1.54, 1.807) is 11.8 Å². The summed E-state index contributed by atoms with van der Waals surface area (Å²) in [7, 11) is 0. The van der Waals surface area contributed by atoms with E-state index >= 15 is 0 Å².